The van der Waals surface area contributed by atoms with E-state index in [4.69, 9.17) is 11.5 Å². The van der Waals surface area contributed by atoms with Crippen LogP contribution in [0.2, 0.25) is 0 Å². The van der Waals surface area contributed by atoms with Crippen LogP contribution in [-0.2, 0) is 0 Å². The van der Waals surface area contributed by atoms with Crippen molar-refractivity contribution in [3.63, 3.8) is 0 Å². The third-order valence-electron chi connectivity index (χ3n) is 5.72. The first-order chi connectivity index (χ1) is 15.4. The summed E-state index contributed by atoms with van der Waals surface area (Å²) in [6.45, 7) is 1.30. The lowest BCUT2D eigenvalue weighted by Gasteiger charge is -2.24. The SMILES string of the molecule is NC(=O)c1cccc(-c2cncc(-c3nc4c(F)ccc(F)c4[nH]3)c2N2CC[C@H](N)C2)c1. The Morgan fingerprint density at radius 1 is 1.12 bits per heavy atom. The van der Waals surface area contributed by atoms with Gasteiger partial charge in [-0.25, -0.2) is 13.8 Å². The molecule has 9 heteroatoms. The van der Waals surface area contributed by atoms with Crippen molar-refractivity contribution >= 4 is 22.6 Å². The molecule has 0 aliphatic carbocycles. The Bertz CT molecular complexity index is 1310. The van der Waals surface area contributed by atoms with E-state index in [0.29, 0.717) is 30.0 Å². The lowest BCUT2D eigenvalue weighted by molar-refractivity contribution is 0.100. The maximum absolute atomic E-state index is 14.3. The number of nitrogens with one attached hydrogen (secondary N) is 1. The zero-order valence-electron chi connectivity index (χ0n) is 17.0. The molecule has 0 saturated carbocycles. The van der Waals surface area contributed by atoms with Gasteiger partial charge in [0, 0.05) is 42.7 Å². The fourth-order valence-electron chi connectivity index (χ4n) is 4.16. The number of aromatic nitrogens is 3. The zero-order chi connectivity index (χ0) is 22.4. The van der Waals surface area contributed by atoms with E-state index in [1.807, 2.05) is 6.07 Å². The van der Waals surface area contributed by atoms with Gasteiger partial charge in [-0.05, 0) is 36.2 Å². The summed E-state index contributed by atoms with van der Waals surface area (Å²) >= 11 is 0. The predicted molar refractivity (Wildman–Crippen MR) is 118 cm³/mol. The molecule has 0 spiro atoms. The highest BCUT2D eigenvalue weighted by Gasteiger charge is 2.27. The quantitative estimate of drug-likeness (QED) is 0.456. The summed E-state index contributed by atoms with van der Waals surface area (Å²) in [5, 5.41) is 0. The van der Waals surface area contributed by atoms with Gasteiger partial charge >= 0.3 is 0 Å². The molecular weight excluding hydrogens is 414 g/mol. The molecule has 4 aromatic rings. The Hall–Kier alpha value is -3.85. The molecule has 2 aromatic carbocycles. The van der Waals surface area contributed by atoms with Crippen LogP contribution in [0.15, 0.2) is 48.8 Å². The van der Waals surface area contributed by atoms with E-state index in [9.17, 15) is 13.6 Å². The molecule has 5 N–H and O–H groups in total. The van der Waals surface area contributed by atoms with Gasteiger partial charge in [0.25, 0.3) is 0 Å². The summed E-state index contributed by atoms with van der Waals surface area (Å²) in [6, 6.07) is 9.03. The first-order valence-electron chi connectivity index (χ1n) is 10.1. The van der Waals surface area contributed by atoms with Crippen molar-refractivity contribution in [3.8, 4) is 22.5 Å². The number of halogens is 2. The number of benzene rings is 2. The van der Waals surface area contributed by atoms with Crippen LogP contribution >= 0.6 is 0 Å². The average molecular weight is 434 g/mol. The Labute approximate surface area is 182 Å². The first-order valence-corrected chi connectivity index (χ1v) is 10.1. The molecule has 5 rings (SSSR count). The van der Waals surface area contributed by atoms with Gasteiger partial charge in [-0.1, -0.05) is 12.1 Å². The van der Waals surface area contributed by atoms with Crippen LogP contribution in [0.25, 0.3) is 33.5 Å². The number of pyridine rings is 1. The molecule has 162 valence electrons. The zero-order valence-corrected chi connectivity index (χ0v) is 17.0. The first kappa shape index (κ1) is 20.1. The third kappa shape index (κ3) is 3.36. The van der Waals surface area contributed by atoms with Gasteiger partial charge in [-0.15, -0.1) is 0 Å². The van der Waals surface area contributed by atoms with E-state index in [1.54, 1.807) is 30.6 Å². The van der Waals surface area contributed by atoms with Gasteiger partial charge in [-0.3, -0.25) is 9.78 Å². The monoisotopic (exact) mass is 434 g/mol. The number of hydrogen-bond donors (Lipinski definition) is 3. The van der Waals surface area contributed by atoms with Crippen molar-refractivity contribution in [2.45, 2.75) is 12.5 Å². The number of anilines is 1. The van der Waals surface area contributed by atoms with Gasteiger partial charge in [0.2, 0.25) is 5.91 Å². The van der Waals surface area contributed by atoms with Gasteiger partial charge in [0.05, 0.1) is 11.3 Å². The second kappa shape index (κ2) is 7.69. The number of nitrogens with zero attached hydrogens (tertiary/aromatic N) is 3. The summed E-state index contributed by atoms with van der Waals surface area (Å²) in [5.41, 5.74) is 14.7. The number of carbonyl (C=O) groups excluding carboxylic acids is 1. The largest absolute Gasteiger partial charge is 0.369 e. The van der Waals surface area contributed by atoms with E-state index in [-0.39, 0.29) is 17.1 Å². The molecule has 7 nitrogen and oxygen atoms in total. The van der Waals surface area contributed by atoms with Crippen molar-refractivity contribution in [1.29, 1.82) is 0 Å². The lowest BCUT2D eigenvalue weighted by atomic mass is 9.99. The number of fused-ring (bicyclic) bond motifs is 1. The molecular formula is C23H20F2N6O. The molecule has 2 aromatic heterocycles. The van der Waals surface area contributed by atoms with Crippen LogP contribution in [-0.4, -0.2) is 40.0 Å². The van der Waals surface area contributed by atoms with Crippen LogP contribution in [0.5, 0.6) is 0 Å². The molecule has 1 saturated heterocycles. The molecule has 32 heavy (non-hydrogen) atoms. The minimum absolute atomic E-state index is 0.00798. The van der Waals surface area contributed by atoms with Crippen LogP contribution in [0, 0.1) is 11.6 Å². The van der Waals surface area contributed by atoms with E-state index in [2.05, 4.69) is 19.9 Å². The topological polar surface area (TPSA) is 114 Å². The maximum Gasteiger partial charge on any atom is 0.248 e. The number of primary amides is 1. The fourth-order valence-corrected chi connectivity index (χ4v) is 4.16. The number of nitrogens with two attached hydrogens (primary N) is 2. The second-order valence-electron chi connectivity index (χ2n) is 7.86. The average Bonchev–Trinajstić information content (AvgIpc) is 3.43. The van der Waals surface area contributed by atoms with Crippen molar-refractivity contribution in [2.75, 3.05) is 18.0 Å². The van der Waals surface area contributed by atoms with Crippen LogP contribution in [0.1, 0.15) is 16.8 Å². The normalized spacial score (nSPS) is 16.1. The summed E-state index contributed by atoms with van der Waals surface area (Å²) in [6.07, 6.45) is 4.09. The Kier molecular flexibility index (Phi) is 4.82. The Balaban J connectivity index is 1.75. The van der Waals surface area contributed by atoms with Gasteiger partial charge in [0.15, 0.2) is 5.82 Å². The summed E-state index contributed by atoms with van der Waals surface area (Å²) in [5.74, 6) is -1.46. The van der Waals surface area contributed by atoms with E-state index in [0.717, 1.165) is 35.4 Å². The van der Waals surface area contributed by atoms with Crippen molar-refractivity contribution in [3.05, 3.63) is 66.0 Å². The van der Waals surface area contributed by atoms with Gasteiger partial charge in [0.1, 0.15) is 22.7 Å². The molecule has 1 aliphatic rings. The highest BCUT2D eigenvalue weighted by atomic mass is 19.1. The molecule has 0 unspecified atom stereocenters. The van der Waals surface area contributed by atoms with Crippen LogP contribution in [0.4, 0.5) is 14.5 Å². The number of aromatic amines is 1. The molecule has 1 aliphatic heterocycles. The second-order valence-corrected chi connectivity index (χ2v) is 7.86. The minimum atomic E-state index is -0.619. The molecule has 3 heterocycles. The van der Waals surface area contributed by atoms with Crippen LogP contribution in [0.3, 0.4) is 0 Å². The van der Waals surface area contributed by atoms with Crippen molar-refractivity contribution in [2.24, 2.45) is 11.5 Å². The number of rotatable bonds is 4. The van der Waals surface area contributed by atoms with Crippen molar-refractivity contribution in [1.82, 2.24) is 15.0 Å². The third-order valence-corrected chi connectivity index (χ3v) is 5.72. The highest BCUT2D eigenvalue weighted by Crippen LogP contribution is 2.40. The van der Waals surface area contributed by atoms with E-state index in [1.165, 1.54) is 0 Å². The maximum atomic E-state index is 14.3. The van der Waals surface area contributed by atoms with Crippen molar-refractivity contribution < 1.29 is 13.6 Å². The Morgan fingerprint density at radius 2 is 1.91 bits per heavy atom. The summed E-state index contributed by atoms with van der Waals surface area (Å²) < 4.78 is 28.6. The van der Waals surface area contributed by atoms with E-state index >= 15 is 0 Å². The molecule has 1 amide bonds. The number of carbonyl (C=O) groups is 1. The smallest absolute Gasteiger partial charge is 0.248 e. The van der Waals surface area contributed by atoms with E-state index < -0.39 is 17.5 Å². The summed E-state index contributed by atoms with van der Waals surface area (Å²) in [4.78, 5) is 25.4. The highest BCUT2D eigenvalue weighted by molar-refractivity contribution is 5.96. The van der Waals surface area contributed by atoms with Crippen LogP contribution < -0.4 is 16.4 Å². The number of imidazole rings is 1. The fraction of sp³-hybridized carbons (Fsp3) is 0.174. The Morgan fingerprint density at radius 3 is 2.62 bits per heavy atom. The van der Waals surface area contributed by atoms with Gasteiger partial charge in [-0.2, -0.15) is 0 Å². The summed E-state index contributed by atoms with van der Waals surface area (Å²) in [7, 11) is 0. The molecule has 0 radical (unpaired) electrons. The molecule has 0 bridgehead atoms. The number of hydrogen-bond acceptors (Lipinski definition) is 5. The molecule has 1 fully saturated rings. The molecule has 1 atom stereocenters. The van der Waals surface area contributed by atoms with Gasteiger partial charge < -0.3 is 21.4 Å². The number of H-pyrrole nitrogens is 1. The minimum Gasteiger partial charge on any atom is -0.369 e. The standard InChI is InChI=1S/C23H20F2N6O/c24-17-4-5-18(25)20-19(17)29-23(30-20)16-10-28-9-15(21(16)31-7-6-14(26)11-31)12-2-1-3-13(8-12)22(27)32/h1-5,8-10,14H,6-7,11,26H2,(H2,27,32)(H,29,30)/t14-/m0/s1. The lowest BCUT2D eigenvalue weighted by Crippen LogP contribution is -2.27. The predicted octanol–water partition coefficient (Wildman–Crippen LogP) is 3.21. The number of amides is 1.